The Hall–Kier alpha value is -1.48. The molecule has 8 atom stereocenters. The van der Waals surface area contributed by atoms with Crippen LogP contribution >= 0.6 is 7.82 Å². The van der Waals surface area contributed by atoms with Crippen LogP contribution in [0.2, 0.25) is 0 Å². The average molecular weight is 974 g/mol. The summed E-state index contributed by atoms with van der Waals surface area (Å²) in [5.74, 6) is -0.604. The van der Waals surface area contributed by atoms with Gasteiger partial charge in [-0.2, -0.15) is 0 Å². The molecule has 0 aliphatic heterocycles. The molecule has 1 aliphatic carbocycles. The van der Waals surface area contributed by atoms with Crippen LogP contribution in [0.4, 0.5) is 0 Å². The Labute approximate surface area is 406 Å². The van der Waals surface area contributed by atoms with Crippen molar-refractivity contribution in [3.63, 3.8) is 0 Å². The lowest BCUT2D eigenvalue weighted by Gasteiger charge is -2.41. The van der Waals surface area contributed by atoms with Gasteiger partial charge in [-0.1, -0.05) is 217 Å². The molecule has 0 bridgehead atoms. The summed E-state index contributed by atoms with van der Waals surface area (Å²) < 4.78 is 22.9. The molecule has 1 aliphatic rings. The molecular weight excluding hydrogens is 874 g/mol. The minimum absolute atomic E-state index is 0.253. The van der Waals surface area contributed by atoms with Gasteiger partial charge in [0.25, 0.3) is 0 Å². The van der Waals surface area contributed by atoms with Crippen LogP contribution in [0.1, 0.15) is 232 Å². The van der Waals surface area contributed by atoms with Gasteiger partial charge in [0.1, 0.15) is 36.6 Å². The van der Waals surface area contributed by atoms with Crippen molar-refractivity contribution in [2.24, 2.45) is 0 Å². The van der Waals surface area contributed by atoms with Crippen molar-refractivity contribution in [1.82, 2.24) is 5.32 Å². The fraction of sp³-hybridized carbons (Fsp3) is 0.868. The molecular formula is C53H100NO12P. The van der Waals surface area contributed by atoms with E-state index in [0.29, 0.717) is 19.3 Å². The van der Waals surface area contributed by atoms with Crippen LogP contribution in [0.3, 0.4) is 0 Å². The van der Waals surface area contributed by atoms with Crippen LogP contribution in [-0.4, -0.2) is 108 Å². The molecule has 1 saturated carbocycles. The van der Waals surface area contributed by atoms with Gasteiger partial charge in [-0.25, -0.2) is 4.57 Å². The first kappa shape index (κ1) is 63.5. The first-order valence-electron chi connectivity index (χ1n) is 27.0. The maximum Gasteiger partial charge on any atom is 0.472 e. The highest BCUT2D eigenvalue weighted by Crippen LogP contribution is 2.47. The summed E-state index contributed by atoms with van der Waals surface area (Å²) >= 11 is 0. The van der Waals surface area contributed by atoms with Crippen molar-refractivity contribution in [2.75, 3.05) is 6.61 Å². The summed E-state index contributed by atoms with van der Waals surface area (Å²) in [4.78, 5) is 23.5. The number of carbonyl (C=O) groups is 1. The van der Waals surface area contributed by atoms with E-state index < -0.39 is 75.2 Å². The lowest BCUT2D eigenvalue weighted by molar-refractivity contribution is -0.220. The van der Waals surface area contributed by atoms with Gasteiger partial charge in [-0.05, 0) is 44.9 Å². The lowest BCUT2D eigenvalue weighted by atomic mass is 9.85. The van der Waals surface area contributed by atoms with Crippen molar-refractivity contribution in [1.29, 1.82) is 0 Å². The first-order valence-corrected chi connectivity index (χ1v) is 28.5. The Morgan fingerprint density at radius 2 is 0.881 bits per heavy atom. The van der Waals surface area contributed by atoms with Crippen LogP contribution in [0.25, 0.3) is 0 Å². The third-order valence-corrected chi connectivity index (χ3v) is 13.9. The molecule has 1 rings (SSSR count). The Kier molecular flexibility index (Phi) is 40.0. The zero-order valence-electron chi connectivity index (χ0n) is 42.1. The van der Waals surface area contributed by atoms with Crippen molar-refractivity contribution in [2.45, 2.75) is 287 Å². The van der Waals surface area contributed by atoms with Gasteiger partial charge < -0.3 is 46.0 Å². The fourth-order valence-corrected chi connectivity index (χ4v) is 9.54. The zero-order valence-corrected chi connectivity index (χ0v) is 43.0. The number of carbonyl (C=O) groups excluding carboxylic acids is 1. The molecule has 67 heavy (non-hydrogen) atoms. The molecule has 1 fully saturated rings. The molecule has 0 aromatic carbocycles. The van der Waals surface area contributed by atoms with E-state index in [1.807, 2.05) is 0 Å². The number of hydrogen-bond acceptors (Lipinski definition) is 11. The van der Waals surface area contributed by atoms with E-state index in [1.165, 1.54) is 154 Å². The monoisotopic (exact) mass is 974 g/mol. The molecule has 14 heteroatoms. The van der Waals surface area contributed by atoms with E-state index in [-0.39, 0.29) is 6.42 Å². The Balaban J connectivity index is 2.50. The molecule has 9 N–H and O–H groups in total. The van der Waals surface area contributed by atoms with E-state index in [2.05, 4.69) is 43.5 Å². The van der Waals surface area contributed by atoms with Crippen LogP contribution in [0, 0.1) is 0 Å². The number of allylic oxidation sites excluding steroid dienone is 5. The zero-order chi connectivity index (χ0) is 49.4. The Bertz CT molecular complexity index is 1290. The second-order valence-corrected chi connectivity index (χ2v) is 20.7. The van der Waals surface area contributed by atoms with Crippen molar-refractivity contribution in [3.05, 3.63) is 36.5 Å². The number of amides is 1. The summed E-state index contributed by atoms with van der Waals surface area (Å²) in [5, 5.41) is 74.7. The predicted octanol–water partition coefficient (Wildman–Crippen LogP) is 10.5. The van der Waals surface area contributed by atoms with Gasteiger partial charge >= 0.3 is 7.82 Å². The minimum Gasteiger partial charge on any atom is -0.393 e. The molecule has 0 radical (unpaired) electrons. The molecule has 0 saturated heterocycles. The van der Waals surface area contributed by atoms with Crippen LogP contribution in [0.15, 0.2) is 36.5 Å². The molecule has 0 spiro atoms. The molecule has 0 aromatic rings. The lowest BCUT2D eigenvalue weighted by Crippen LogP contribution is -2.64. The Morgan fingerprint density at radius 1 is 0.522 bits per heavy atom. The molecule has 1 amide bonds. The van der Waals surface area contributed by atoms with Gasteiger partial charge in [0.15, 0.2) is 0 Å². The number of phosphoric acid groups is 1. The summed E-state index contributed by atoms with van der Waals surface area (Å²) in [6, 6.07) is -1.26. The normalized spacial score (nSPS) is 22.5. The number of unbranched alkanes of at least 4 members (excludes halogenated alkanes) is 28. The molecule has 0 aromatic heterocycles. The van der Waals surface area contributed by atoms with Crippen molar-refractivity contribution in [3.8, 4) is 0 Å². The third kappa shape index (κ3) is 33.7. The third-order valence-electron chi connectivity index (χ3n) is 13.0. The fourth-order valence-electron chi connectivity index (χ4n) is 8.57. The molecule has 0 heterocycles. The number of hydrogen-bond donors (Lipinski definition) is 9. The average Bonchev–Trinajstić information content (AvgIpc) is 3.30. The van der Waals surface area contributed by atoms with Gasteiger partial charge in [0.2, 0.25) is 5.91 Å². The largest absolute Gasteiger partial charge is 0.472 e. The number of nitrogens with one attached hydrogen (secondary N) is 1. The van der Waals surface area contributed by atoms with Crippen LogP contribution in [-0.2, 0) is 18.4 Å². The highest BCUT2D eigenvalue weighted by Gasteiger charge is 2.51. The van der Waals surface area contributed by atoms with Crippen LogP contribution < -0.4 is 5.32 Å². The SMILES string of the molecule is CCCCCCCCCCCC/C=C/CC/C=C/CC/C=C/C(O)C(COP(=O)(O)OC1C(O)C(O)C(O)C(O)C1O)NC(=O)CC(O)CCCCCCCCCCCCCCCCCCC. The molecule has 13 nitrogen and oxygen atoms in total. The van der Waals surface area contributed by atoms with E-state index >= 15 is 0 Å². The number of phosphoric ester groups is 1. The van der Waals surface area contributed by atoms with Gasteiger partial charge in [0, 0.05) is 0 Å². The minimum atomic E-state index is -5.16. The summed E-state index contributed by atoms with van der Waals surface area (Å²) in [5.41, 5.74) is 0. The van der Waals surface area contributed by atoms with Crippen molar-refractivity contribution >= 4 is 13.7 Å². The Morgan fingerprint density at radius 3 is 1.31 bits per heavy atom. The van der Waals surface area contributed by atoms with Gasteiger partial charge in [0.05, 0.1) is 31.3 Å². The van der Waals surface area contributed by atoms with E-state index in [4.69, 9.17) is 9.05 Å². The second kappa shape index (κ2) is 42.2. The maximum atomic E-state index is 13.1. The second-order valence-electron chi connectivity index (χ2n) is 19.3. The maximum absolute atomic E-state index is 13.1. The number of aliphatic hydroxyl groups excluding tert-OH is 7. The smallest absolute Gasteiger partial charge is 0.393 e. The highest BCUT2D eigenvalue weighted by atomic mass is 31.2. The van der Waals surface area contributed by atoms with E-state index in [1.54, 1.807) is 6.08 Å². The van der Waals surface area contributed by atoms with E-state index in [0.717, 1.165) is 44.9 Å². The highest BCUT2D eigenvalue weighted by molar-refractivity contribution is 7.47. The van der Waals surface area contributed by atoms with Gasteiger partial charge in [-0.3, -0.25) is 13.8 Å². The predicted molar refractivity (Wildman–Crippen MR) is 270 cm³/mol. The summed E-state index contributed by atoms with van der Waals surface area (Å²) in [7, 11) is -5.16. The first-order chi connectivity index (χ1) is 32.3. The number of aliphatic hydroxyl groups is 7. The van der Waals surface area contributed by atoms with Gasteiger partial charge in [-0.15, -0.1) is 0 Å². The number of rotatable bonds is 45. The topological polar surface area (TPSA) is 226 Å². The standard InChI is InChI=1S/C53H100NO12P/c1-3-5-7-9-11-13-15-17-19-21-22-23-25-27-29-31-33-35-37-39-41-46(56)45(43-65-67(63,64)66-53-51(61)49(59)48(58)50(60)52(53)62)54-47(57)42-44(55)40-38-36-34-32-30-28-26-24-20-18-16-14-12-10-8-6-4-2/h23,25,31,33,39,41,44-46,48-53,55-56,58-62H,3-22,24,26-30,32,34-38,40,42-43H2,1-2H3,(H,54,57)(H,63,64)/b25-23+,33-31+,41-39+. The molecule has 8 unspecified atom stereocenters. The van der Waals surface area contributed by atoms with Crippen LogP contribution in [0.5, 0.6) is 0 Å². The summed E-state index contributed by atoms with van der Waals surface area (Å²) in [6.07, 6.45) is 36.6. The summed E-state index contributed by atoms with van der Waals surface area (Å²) in [6.45, 7) is 3.76. The van der Waals surface area contributed by atoms with E-state index in [9.17, 15) is 50.0 Å². The quantitative estimate of drug-likeness (QED) is 0.0158. The molecule has 394 valence electrons. The van der Waals surface area contributed by atoms with Crippen molar-refractivity contribution < 1.29 is 59.0 Å².